The molecular weight excluding hydrogens is 288 g/mol. The Balaban J connectivity index is 1.77. The first-order valence-electron chi connectivity index (χ1n) is 7.42. The lowest BCUT2D eigenvalue weighted by Gasteiger charge is -2.42. The second kappa shape index (κ2) is 5.88. The zero-order valence-electron chi connectivity index (χ0n) is 12.8. The van der Waals surface area contributed by atoms with E-state index in [1.54, 1.807) is 13.8 Å². The SMILES string of the molecule is CC1(C)O[C@@H]2[C@@H](CO[C@](O)(CO)[C@H]2OCc2ccccc2)O1. The zero-order chi connectivity index (χ0) is 15.8. The molecule has 122 valence electrons. The number of aliphatic hydroxyl groups is 2. The molecule has 0 saturated carbocycles. The van der Waals surface area contributed by atoms with Gasteiger partial charge in [0.2, 0.25) is 5.79 Å². The van der Waals surface area contributed by atoms with Crippen LogP contribution >= 0.6 is 0 Å². The third-order valence-electron chi connectivity index (χ3n) is 3.96. The Labute approximate surface area is 129 Å². The Bertz CT molecular complexity index is 505. The fourth-order valence-electron chi connectivity index (χ4n) is 2.93. The summed E-state index contributed by atoms with van der Waals surface area (Å²) >= 11 is 0. The van der Waals surface area contributed by atoms with Gasteiger partial charge in [0.25, 0.3) is 0 Å². The van der Waals surface area contributed by atoms with E-state index < -0.39 is 30.4 Å². The molecule has 2 aliphatic rings. The molecule has 6 heteroatoms. The first-order valence-corrected chi connectivity index (χ1v) is 7.42. The molecule has 3 rings (SSSR count). The molecule has 0 unspecified atom stereocenters. The molecule has 0 aromatic heterocycles. The molecule has 4 atom stereocenters. The van der Waals surface area contributed by atoms with Crippen LogP contribution in [0.1, 0.15) is 19.4 Å². The lowest BCUT2D eigenvalue weighted by Crippen LogP contribution is -2.62. The molecule has 0 spiro atoms. The summed E-state index contributed by atoms with van der Waals surface area (Å²) in [6, 6.07) is 9.60. The van der Waals surface area contributed by atoms with Crippen LogP contribution in [-0.4, -0.2) is 53.3 Å². The molecule has 2 heterocycles. The molecule has 0 bridgehead atoms. The van der Waals surface area contributed by atoms with Crippen molar-refractivity contribution in [1.29, 1.82) is 0 Å². The highest BCUT2D eigenvalue weighted by atomic mass is 16.8. The highest BCUT2D eigenvalue weighted by molar-refractivity contribution is 5.13. The second-order valence-corrected chi connectivity index (χ2v) is 6.17. The van der Waals surface area contributed by atoms with E-state index in [0.29, 0.717) is 0 Å². The van der Waals surface area contributed by atoms with Crippen LogP contribution in [0, 0.1) is 0 Å². The number of fused-ring (bicyclic) bond motifs is 1. The first-order chi connectivity index (χ1) is 10.4. The van der Waals surface area contributed by atoms with Crippen molar-refractivity contribution in [2.24, 2.45) is 0 Å². The van der Waals surface area contributed by atoms with E-state index >= 15 is 0 Å². The number of ether oxygens (including phenoxy) is 4. The fraction of sp³-hybridized carbons (Fsp3) is 0.625. The summed E-state index contributed by atoms with van der Waals surface area (Å²) in [4.78, 5) is 0. The van der Waals surface area contributed by atoms with Crippen molar-refractivity contribution in [1.82, 2.24) is 0 Å². The van der Waals surface area contributed by atoms with Gasteiger partial charge in [-0.2, -0.15) is 0 Å². The van der Waals surface area contributed by atoms with Gasteiger partial charge >= 0.3 is 0 Å². The molecule has 2 fully saturated rings. The molecule has 2 N–H and O–H groups in total. The number of benzene rings is 1. The largest absolute Gasteiger partial charge is 0.391 e. The lowest BCUT2D eigenvalue weighted by molar-refractivity contribution is -0.329. The van der Waals surface area contributed by atoms with Gasteiger partial charge in [0.1, 0.15) is 18.3 Å². The van der Waals surface area contributed by atoms with Crippen molar-refractivity contribution < 1.29 is 29.2 Å². The molecule has 2 saturated heterocycles. The van der Waals surface area contributed by atoms with Gasteiger partial charge in [-0.25, -0.2) is 0 Å². The summed E-state index contributed by atoms with van der Waals surface area (Å²) in [7, 11) is 0. The Hall–Kier alpha value is -1.02. The molecule has 1 aromatic rings. The van der Waals surface area contributed by atoms with Crippen molar-refractivity contribution in [3.8, 4) is 0 Å². The third kappa shape index (κ3) is 3.03. The molecule has 2 aliphatic heterocycles. The predicted molar refractivity (Wildman–Crippen MR) is 76.8 cm³/mol. The van der Waals surface area contributed by atoms with Crippen molar-refractivity contribution in [3.05, 3.63) is 35.9 Å². The quantitative estimate of drug-likeness (QED) is 0.857. The third-order valence-corrected chi connectivity index (χ3v) is 3.96. The summed E-state index contributed by atoms with van der Waals surface area (Å²) < 4.78 is 22.8. The maximum atomic E-state index is 10.5. The van der Waals surface area contributed by atoms with Gasteiger partial charge in [-0.15, -0.1) is 0 Å². The van der Waals surface area contributed by atoms with Crippen molar-refractivity contribution in [2.45, 2.75) is 50.3 Å². The van der Waals surface area contributed by atoms with E-state index in [1.165, 1.54) is 0 Å². The van der Waals surface area contributed by atoms with Crippen LogP contribution in [0.4, 0.5) is 0 Å². The molecule has 0 aliphatic carbocycles. The Kier molecular flexibility index (Phi) is 4.24. The summed E-state index contributed by atoms with van der Waals surface area (Å²) in [5.74, 6) is -2.56. The zero-order valence-corrected chi connectivity index (χ0v) is 12.8. The standard InChI is InChI=1S/C16H22O6/c1-15(2)21-12-9-20-16(18,10-17)14(13(12)22-15)19-8-11-6-4-3-5-7-11/h3-7,12-14,17-18H,8-10H2,1-2H3/t12-,13-,14+,16-/m1/s1. The molecule has 22 heavy (non-hydrogen) atoms. The van der Waals surface area contributed by atoms with E-state index in [4.69, 9.17) is 18.9 Å². The minimum Gasteiger partial charge on any atom is -0.391 e. The topological polar surface area (TPSA) is 77.4 Å². The van der Waals surface area contributed by atoms with E-state index in [-0.39, 0.29) is 19.3 Å². The van der Waals surface area contributed by atoms with Crippen LogP contribution in [-0.2, 0) is 25.6 Å². The Morgan fingerprint density at radius 3 is 2.64 bits per heavy atom. The number of hydrogen-bond acceptors (Lipinski definition) is 6. The molecule has 0 radical (unpaired) electrons. The fourth-order valence-corrected chi connectivity index (χ4v) is 2.93. The van der Waals surface area contributed by atoms with Gasteiger partial charge in [0.15, 0.2) is 5.79 Å². The molecule has 6 nitrogen and oxygen atoms in total. The summed E-state index contributed by atoms with van der Waals surface area (Å²) in [5, 5.41) is 20.0. The second-order valence-electron chi connectivity index (χ2n) is 6.17. The smallest absolute Gasteiger partial charge is 0.219 e. The molecular formula is C16H22O6. The monoisotopic (exact) mass is 310 g/mol. The van der Waals surface area contributed by atoms with E-state index in [9.17, 15) is 10.2 Å². The maximum Gasteiger partial charge on any atom is 0.219 e. The van der Waals surface area contributed by atoms with Crippen LogP contribution in [0.15, 0.2) is 30.3 Å². The minimum atomic E-state index is -1.79. The van der Waals surface area contributed by atoms with Crippen LogP contribution in [0.3, 0.4) is 0 Å². The minimum absolute atomic E-state index is 0.149. The van der Waals surface area contributed by atoms with Crippen LogP contribution in [0.2, 0.25) is 0 Å². The van der Waals surface area contributed by atoms with Gasteiger partial charge in [-0.3, -0.25) is 0 Å². The van der Waals surface area contributed by atoms with Gasteiger partial charge < -0.3 is 29.2 Å². The molecule has 0 amide bonds. The Morgan fingerprint density at radius 2 is 1.95 bits per heavy atom. The number of hydrogen-bond donors (Lipinski definition) is 2. The number of aliphatic hydroxyl groups excluding tert-OH is 1. The van der Waals surface area contributed by atoms with Gasteiger partial charge in [-0.1, -0.05) is 30.3 Å². The normalized spacial score (nSPS) is 37.0. The lowest BCUT2D eigenvalue weighted by atomic mass is 9.97. The average Bonchev–Trinajstić information content (AvgIpc) is 2.81. The predicted octanol–water partition coefficient (Wildman–Crippen LogP) is 0.803. The van der Waals surface area contributed by atoms with E-state index in [0.717, 1.165) is 5.56 Å². The van der Waals surface area contributed by atoms with Crippen molar-refractivity contribution in [2.75, 3.05) is 13.2 Å². The average molecular weight is 310 g/mol. The van der Waals surface area contributed by atoms with Crippen LogP contribution < -0.4 is 0 Å². The highest BCUT2D eigenvalue weighted by Crippen LogP contribution is 2.39. The van der Waals surface area contributed by atoms with Gasteiger partial charge in [0, 0.05) is 0 Å². The molecule has 1 aromatic carbocycles. The van der Waals surface area contributed by atoms with Crippen LogP contribution in [0.5, 0.6) is 0 Å². The first kappa shape index (κ1) is 15.9. The van der Waals surface area contributed by atoms with Crippen LogP contribution in [0.25, 0.3) is 0 Å². The maximum absolute atomic E-state index is 10.5. The summed E-state index contributed by atoms with van der Waals surface area (Å²) in [6.07, 6.45) is -1.66. The van der Waals surface area contributed by atoms with E-state index in [2.05, 4.69) is 0 Å². The highest BCUT2D eigenvalue weighted by Gasteiger charge is 2.57. The van der Waals surface area contributed by atoms with Crippen molar-refractivity contribution >= 4 is 0 Å². The number of rotatable bonds is 4. The van der Waals surface area contributed by atoms with Gasteiger partial charge in [-0.05, 0) is 19.4 Å². The van der Waals surface area contributed by atoms with E-state index in [1.807, 2.05) is 30.3 Å². The van der Waals surface area contributed by atoms with Crippen molar-refractivity contribution in [3.63, 3.8) is 0 Å². The summed E-state index contributed by atoms with van der Waals surface area (Å²) in [5.41, 5.74) is 0.961. The van der Waals surface area contributed by atoms with Gasteiger partial charge in [0.05, 0.1) is 19.8 Å². The summed E-state index contributed by atoms with van der Waals surface area (Å²) in [6.45, 7) is 3.47. The Morgan fingerprint density at radius 1 is 1.23 bits per heavy atom.